The predicted octanol–water partition coefficient (Wildman–Crippen LogP) is 0.657. The van der Waals surface area contributed by atoms with Crippen molar-refractivity contribution in [3.8, 4) is 0 Å². The Morgan fingerprint density at radius 3 is 2.76 bits per heavy atom. The van der Waals surface area contributed by atoms with Crippen molar-refractivity contribution in [1.29, 1.82) is 0 Å². The Labute approximate surface area is 121 Å². The smallest absolute Gasteiger partial charge is 0.268 e. The molecule has 1 heterocycles. The minimum atomic E-state index is -0.687. The highest BCUT2D eigenvalue weighted by molar-refractivity contribution is 5.93. The summed E-state index contributed by atoms with van der Waals surface area (Å²) in [5.74, 6) is -1.07. The third-order valence-corrected chi connectivity index (χ3v) is 2.83. The van der Waals surface area contributed by atoms with Crippen molar-refractivity contribution >= 4 is 11.8 Å². The van der Waals surface area contributed by atoms with E-state index in [0.717, 1.165) is 5.56 Å². The third-order valence-electron chi connectivity index (χ3n) is 2.83. The Morgan fingerprint density at radius 1 is 1.38 bits per heavy atom. The van der Waals surface area contributed by atoms with Crippen LogP contribution in [0, 0.1) is 0 Å². The van der Waals surface area contributed by atoms with Crippen molar-refractivity contribution < 1.29 is 14.3 Å². The Morgan fingerprint density at radius 2 is 2.10 bits per heavy atom. The highest BCUT2D eigenvalue weighted by Crippen LogP contribution is 2.04. The molecule has 1 aromatic heterocycles. The number of primary amides is 1. The molecule has 0 saturated carbocycles. The van der Waals surface area contributed by atoms with Gasteiger partial charge in [0.2, 0.25) is 0 Å². The van der Waals surface area contributed by atoms with Gasteiger partial charge in [-0.3, -0.25) is 15.0 Å². The maximum Gasteiger partial charge on any atom is 0.268 e. The first kappa shape index (κ1) is 14.7. The number of amides is 2. The van der Waals surface area contributed by atoms with Crippen LogP contribution in [0.4, 0.5) is 0 Å². The van der Waals surface area contributed by atoms with Gasteiger partial charge in [0.05, 0.1) is 12.8 Å². The zero-order chi connectivity index (χ0) is 15.2. The van der Waals surface area contributed by atoms with Crippen LogP contribution in [0.3, 0.4) is 0 Å². The minimum absolute atomic E-state index is 0.0959. The topological polar surface area (TPSA) is 99.2 Å². The van der Waals surface area contributed by atoms with Gasteiger partial charge in [0.25, 0.3) is 11.8 Å². The molecule has 7 nitrogen and oxygen atoms in total. The lowest BCUT2D eigenvalue weighted by Crippen LogP contribution is -2.35. The summed E-state index contributed by atoms with van der Waals surface area (Å²) in [6.07, 6.45) is 1.88. The molecule has 2 aromatic rings. The van der Waals surface area contributed by atoms with Crippen LogP contribution in [-0.2, 0) is 16.1 Å². The van der Waals surface area contributed by atoms with E-state index in [4.69, 9.17) is 10.5 Å². The number of nitrogens with two attached hydrogens (primary N) is 1. The lowest BCUT2D eigenvalue weighted by molar-refractivity contribution is -0.128. The van der Waals surface area contributed by atoms with Gasteiger partial charge in [0, 0.05) is 0 Å². The highest BCUT2D eigenvalue weighted by Gasteiger charge is 2.16. The van der Waals surface area contributed by atoms with Crippen LogP contribution in [0.5, 0.6) is 0 Å². The van der Waals surface area contributed by atoms with Gasteiger partial charge >= 0.3 is 0 Å². The largest absolute Gasteiger partial charge is 0.364 e. The Bertz CT molecular complexity index is 624. The molecule has 0 fully saturated rings. The first-order valence-electron chi connectivity index (χ1n) is 6.36. The van der Waals surface area contributed by atoms with Crippen molar-refractivity contribution in [2.24, 2.45) is 5.73 Å². The molecule has 1 aromatic carbocycles. The van der Waals surface area contributed by atoms with E-state index < -0.39 is 17.9 Å². The number of nitrogens with one attached hydrogen (secondary N) is 1. The van der Waals surface area contributed by atoms with Crippen LogP contribution in [0.2, 0.25) is 0 Å². The van der Waals surface area contributed by atoms with Gasteiger partial charge in [-0.1, -0.05) is 30.3 Å². The fourth-order valence-electron chi connectivity index (χ4n) is 1.65. The second kappa shape index (κ2) is 6.67. The van der Waals surface area contributed by atoms with E-state index in [0.29, 0.717) is 6.61 Å². The summed E-state index contributed by atoms with van der Waals surface area (Å²) in [6, 6.07) is 9.52. The number of imidazole rings is 1. The van der Waals surface area contributed by atoms with Crippen molar-refractivity contribution in [3.05, 3.63) is 54.1 Å². The lowest BCUT2D eigenvalue weighted by atomic mass is 10.2. The maximum atomic E-state index is 12.0. The Balaban J connectivity index is 1.90. The lowest BCUT2D eigenvalue weighted by Gasteiger charge is -2.14. The second-order valence-electron chi connectivity index (χ2n) is 4.43. The van der Waals surface area contributed by atoms with Gasteiger partial charge in [-0.2, -0.15) is 0 Å². The van der Waals surface area contributed by atoms with Gasteiger partial charge in [0.15, 0.2) is 0 Å². The monoisotopic (exact) mass is 288 g/mol. The van der Waals surface area contributed by atoms with Crippen molar-refractivity contribution in [3.63, 3.8) is 0 Å². The zero-order valence-electron chi connectivity index (χ0n) is 11.5. The van der Waals surface area contributed by atoms with Gasteiger partial charge in [-0.05, 0) is 12.5 Å². The number of carbonyl (C=O) groups excluding carboxylic acids is 2. The van der Waals surface area contributed by atoms with Crippen molar-refractivity contribution in [2.75, 3.05) is 5.43 Å². The third kappa shape index (κ3) is 3.90. The molecule has 110 valence electrons. The number of ether oxygens (including phenoxy) is 1. The molecule has 1 unspecified atom stereocenters. The number of rotatable bonds is 6. The van der Waals surface area contributed by atoms with Gasteiger partial charge in [-0.15, -0.1) is 0 Å². The standard InChI is InChI=1S/C14H16N4O3/c1-10(21-8-11-5-3-2-4-6-11)14(20)17-18-9-16-7-12(18)13(15)19/h2-7,9-10H,8H2,1H3,(H2,15,19)(H,17,20). The van der Waals surface area contributed by atoms with Gasteiger partial charge in [-0.25, -0.2) is 9.66 Å². The molecule has 2 amide bonds. The fraction of sp³-hybridized carbons (Fsp3) is 0.214. The maximum absolute atomic E-state index is 12.0. The second-order valence-corrected chi connectivity index (χ2v) is 4.43. The summed E-state index contributed by atoms with van der Waals surface area (Å²) < 4.78 is 6.65. The molecule has 3 N–H and O–H groups in total. The molecule has 0 saturated heterocycles. The van der Waals surface area contributed by atoms with Crippen LogP contribution in [-0.4, -0.2) is 27.6 Å². The van der Waals surface area contributed by atoms with E-state index in [-0.39, 0.29) is 5.69 Å². The Hall–Kier alpha value is -2.67. The van der Waals surface area contributed by atoms with Crippen molar-refractivity contribution in [2.45, 2.75) is 19.6 Å². The fourth-order valence-corrected chi connectivity index (χ4v) is 1.65. The quantitative estimate of drug-likeness (QED) is 0.815. The van der Waals surface area contributed by atoms with E-state index in [1.54, 1.807) is 6.92 Å². The van der Waals surface area contributed by atoms with Crippen LogP contribution in [0.25, 0.3) is 0 Å². The summed E-state index contributed by atoms with van der Waals surface area (Å²) in [6.45, 7) is 1.95. The van der Waals surface area contributed by atoms with Crippen molar-refractivity contribution in [1.82, 2.24) is 9.66 Å². The average molecular weight is 288 g/mol. The van der Waals surface area contributed by atoms with E-state index in [1.807, 2.05) is 30.3 Å². The number of aromatic nitrogens is 2. The molecule has 0 radical (unpaired) electrons. The molecular weight excluding hydrogens is 272 g/mol. The minimum Gasteiger partial charge on any atom is -0.364 e. The SMILES string of the molecule is CC(OCc1ccccc1)C(=O)Nn1cncc1C(N)=O. The first-order valence-corrected chi connectivity index (χ1v) is 6.36. The van der Waals surface area contributed by atoms with E-state index in [9.17, 15) is 9.59 Å². The normalized spacial score (nSPS) is 11.9. The molecule has 0 spiro atoms. The summed E-state index contributed by atoms with van der Waals surface area (Å²) in [7, 11) is 0. The van der Waals surface area contributed by atoms with Gasteiger partial charge in [0.1, 0.15) is 18.1 Å². The molecule has 2 rings (SSSR count). The molecule has 0 bridgehead atoms. The van der Waals surface area contributed by atoms with Crippen LogP contribution >= 0.6 is 0 Å². The van der Waals surface area contributed by atoms with E-state index in [1.165, 1.54) is 17.2 Å². The van der Waals surface area contributed by atoms with Gasteiger partial charge < -0.3 is 10.5 Å². The summed E-state index contributed by atoms with van der Waals surface area (Å²) >= 11 is 0. The highest BCUT2D eigenvalue weighted by atomic mass is 16.5. The van der Waals surface area contributed by atoms with E-state index >= 15 is 0 Å². The average Bonchev–Trinajstić information content (AvgIpc) is 2.94. The molecular formula is C14H16N4O3. The number of carbonyl (C=O) groups is 2. The predicted molar refractivity (Wildman–Crippen MR) is 75.8 cm³/mol. The van der Waals surface area contributed by atoms with Crippen LogP contribution in [0.15, 0.2) is 42.9 Å². The summed E-state index contributed by atoms with van der Waals surface area (Å²) in [5.41, 5.74) is 8.73. The number of hydrogen-bond acceptors (Lipinski definition) is 4. The molecule has 7 heteroatoms. The molecule has 0 aliphatic heterocycles. The molecule has 0 aliphatic carbocycles. The van der Waals surface area contributed by atoms with E-state index in [2.05, 4.69) is 10.4 Å². The Kier molecular flexibility index (Phi) is 4.68. The zero-order valence-corrected chi connectivity index (χ0v) is 11.5. The number of hydrogen-bond donors (Lipinski definition) is 2. The van der Waals surface area contributed by atoms with Crippen LogP contribution in [0.1, 0.15) is 23.0 Å². The molecule has 21 heavy (non-hydrogen) atoms. The van der Waals surface area contributed by atoms with Crippen LogP contribution < -0.4 is 11.2 Å². The summed E-state index contributed by atoms with van der Waals surface area (Å²) in [5, 5.41) is 0. The first-order chi connectivity index (χ1) is 10.1. The summed E-state index contributed by atoms with van der Waals surface area (Å²) in [4.78, 5) is 26.8. The molecule has 0 aliphatic rings. The molecule has 1 atom stereocenters. The number of nitrogens with zero attached hydrogens (tertiary/aromatic N) is 2. The number of benzene rings is 1.